The van der Waals surface area contributed by atoms with Crippen LogP contribution in [0.2, 0.25) is 0 Å². The normalized spacial score (nSPS) is 37.8. The van der Waals surface area contributed by atoms with Crippen LogP contribution in [0.15, 0.2) is 30.0 Å². The number of methoxy groups -OCH3 is 2. The summed E-state index contributed by atoms with van der Waals surface area (Å²) in [5.41, 5.74) is 1.56. The molecule has 0 amide bonds. The molecule has 4 unspecified atom stereocenters. The molecule has 2 saturated heterocycles. The first-order chi connectivity index (χ1) is 29.9. The molecule has 0 spiro atoms. The maximum atomic E-state index is 14.0. The lowest BCUT2D eigenvalue weighted by molar-refractivity contribution is -0.304. The summed E-state index contributed by atoms with van der Waals surface area (Å²) in [4.78, 5) is 29.5. The Labute approximate surface area is 378 Å². The fraction of sp³-hybridized carbons (Fsp3) is 0.822. The first-order valence-electron chi connectivity index (χ1n) is 22.5. The average molecular weight is 916 g/mol. The molecular weight excluding hydrogens is 840 g/mol. The largest absolute Gasteiger partial charge is 0.462 e. The number of ketones is 1. The van der Waals surface area contributed by atoms with Crippen molar-refractivity contribution in [3.63, 3.8) is 0 Å². The van der Waals surface area contributed by atoms with E-state index in [1.807, 2.05) is 33.0 Å². The Morgan fingerprint density at radius 2 is 1.60 bits per heavy atom. The third-order valence-corrected chi connectivity index (χ3v) is 13.1. The van der Waals surface area contributed by atoms with Crippen molar-refractivity contribution in [1.29, 1.82) is 0 Å². The number of rotatable bonds is 16. The van der Waals surface area contributed by atoms with Gasteiger partial charge in [0, 0.05) is 50.6 Å². The van der Waals surface area contributed by atoms with Crippen molar-refractivity contribution in [2.24, 2.45) is 23.7 Å². The first kappa shape index (κ1) is 53.2. The van der Waals surface area contributed by atoms with Crippen LogP contribution in [-0.2, 0) is 55.7 Å². The SMILES string of the molecule is CC[C@H]1OC(=O)C[C@@H](O)[C@H](C)[C@@H](O[C@@H]2O[C@H](C)[C@@H](O)C(N(C)C)C2O)[C@@H](CCn2cc(CCCCCl)nn2)C[C@@H](C)C(=O)C=CC(C)=C[C@@H]1CO[C@@H]1OC(C)[C@@H](O)[C@H](OC)C1OC. The number of cyclic esters (lactones) is 1. The molecule has 4 heterocycles. The Hall–Kier alpha value is -2.39. The molecule has 0 aliphatic carbocycles. The van der Waals surface area contributed by atoms with Crippen LogP contribution in [0.1, 0.15) is 85.8 Å². The zero-order valence-electron chi connectivity index (χ0n) is 38.8. The molecule has 18 heteroatoms. The lowest BCUT2D eigenvalue weighted by Crippen LogP contribution is -2.63. The van der Waals surface area contributed by atoms with Crippen molar-refractivity contribution in [2.45, 2.75) is 173 Å². The maximum Gasteiger partial charge on any atom is 0.308 e. The van der Waals surface area contributed by atoms with Crippen LogP contribution >= 0.6 is 11.6 Å². The number of carbonyl (C=O) groups excluding carboxylic acids is 2. The van der Waals surface area contributed by atoms with Crippen molar-refractivity contribution < 1.29 is 63.2 Å². The van der Waals surface area contributed by atoms with Gasteiger partial charge in [0.2, 0.25) is 0 Å². The van der Waals surface area contributed by atoms with Crippen LogP contribution in [-0.4, -0.2) is 173 Å². The van der Waals surface area contributed by atoms with E-state index in [9.17, 15) is 30.0 Å². The summed E-state index contributed by atoms with van der Waals surface area (Å²) >= 11 is 5.89. The van der Waals surface area contributed by atoms with Crippen molar-refractivity contribution in [1.82, 2.24) is 19.9 Å². The standard InChI is InChI=1S/C45H75ClN4O13/c1-11-35-31(24-59-45-43(58-10)42(57-9)39(55)29(6)61-45)20-25(2)15-16-33(51)26(3)21-30(17-19-50-23-32(47-48-50)14-12-13-18-46)41(27(4)34(52)22-36(53)62-35)63-44-40(56)37(49(7)8)38(54)28(5)60-44/h15-16,20,23,26-31,34-35,37-45,52,54-56H,11-14,17-19,21-22,24H2,1-10H3/t26-,27+,28-,29?,30+,31-,34-,35-,37?,38-,39-,40?,41-,42+,43?,44+,45-/m1/s1. The molecule has 3 aliphatic rings. The average Bonchev–Trinajstić information content (AvgIpc) is 3.70. The highest BCUT2D eigenvalue weighted by Gasteiger charge is 2.48. The first-order valence-corrected chi connectivity index (χ1v) is 23.0. The van der Waals surface area contributed by atoms with E-state index >= 15 is 0 Å². The smallest absolute Gasteiger partial charge is 0.308 e. The molecule has 4 rings (SSSR count). The molecule has 0 aromatic carbocycles. The van der Waals surface area contributed by atoms with Crippen LogP contribution in [0.5, 0.6) is 0 Å². The second-order valence-electron chi connectivity index (χ2n) is 17.9. The van der Waals surface area contributed by atoms with E-state index in [0.29, 0.717) is 31.7 Å². The quantitative estimate of drug-likeness (QED) is 0.107. The van der Waals surface area contributed by atoms with E-state index in [4.69, 9.17) is 44.8 Å². The Balaban J connectivity index is 1.69. The highest BCUT2D eigenvalue weighted by molar-refractivity contribution is 6.17. The summed E-state index contributed by atoms with van der Waals surface area (Å²) in [6.45, 7) is 11.2. The highest BCUT2D eigenvalue weighted by atomic mass is 35.5. The van der Waals surface area contributed by atoms with Crippen molar-refractivity contribution in [3.05, 3.63) is 35.7 Å². The fourth-order valence-electron chi connectivity index (χ4n) is 8.95. The van der Waals surface area contributed by atoms with Crippen LogP contribution in [0.4, 0.5) is 0 Å². The second-order valence-corrected chi connectivity index (χ2v) is 18.2. The van der Waals surface area contributed by atoms with Gasteiger partial charge in [-0.1, -0.05) is 43.7 Å². The van der Waals surface area contributed by atoms with Gasteiger partial charge in [0.15, 0.2) is 18.4 Å². The van der Waals surface area contributed by atoms with Crippen molar-refractivity contribution >= 4 is 23.4 Å². The third-order valence-electron chi connectivity index (χ3n) is 12.8. The van der Waals surface area contributed by atoms with E-state index in [1.54, 1.807) is 56.6 Å². The summed E-state index contributed by atoms with van der Waals surface area (Å²) in [7, 11) is 6.46. The Bertz CT molecular complexity index is 1620. The number of esters is 1. The number of aliphatic hydroxyl groups is 4. The Morgan fingerprint density at radius 1 is 0.921 bits per heavy atom. The minimum absolute atomic E-state index is 0.0209. The van der Waals surface area contributed by atoms with Crippen LogP contribution in [0, 0.1) is 23.7 Å². The summed E-state index contributed by atoms with van der Waals surface area (Å²) in [6.07, 6.45) is -0.698. The molecule has 3 aliphatic heterocycles. The zero-order chi connectivity index (χ0) is 46.5. The number of aromatic nitrogens is 3. The van der Waals surface area contributed by atoms with Gasteiger partial charge in [0.1, 0.15) is 30.5 Å². The molecule has 17 atom stereocenters. The van der Waals surface area contributed by atoms with E-state index in [0.717, 1.165) is 30.5 Å². The molecule has 360 valence electrons. The van der Waals surface area contributed by atoms with Crippen LogP contribution in [0.3, 0.4) is 0 Å². The molecule has 2 fully saturated rings. The molecule has 4 N–H and O–H groups in total. The lowest BCUT2D eigenvalue weighted by atomic mass is 9.79. The van der Waals surface area contributed by atoms with Gasteiger partial charge in [-0.2, -0.15) is 0 Å². The molecule has 63 heavy (non-hydrogen) atoms. The van der Waals surface area contributed by atoms with Gasteiger partial charge in [-0.3, -0.25) is 14.3 Å². The molecule has 0 saturated carbocycles. The number of alkyl halides is 1. The minimum Gasteiger partial charge on any atom is -0.462 e. The lowest BCUT2D eigenvalue weighted by Gasteiger charge is -2.46. The number of ether oxygens (including phenoxy) is 7. The number of halogens is 1. The van der Waals surface area contributed by atoms with Crippen LogP contribution in [0.25, 0.3) is 0 Å². The number of hydrogen-bond donors (Lipinski definition) is 4. The number of carbonyl (C=O) groups is 2. The van der Waals surface area contributed by atoms with E-state index in [1.165, 1.54) is 14.2 Å². The molecule has 17 nitrogen and oxygen atoms in total. The zero-order valence-corrected chi connectivity index (χ0v) is 39.6. The number of nitrogens with zero attached hydrogens (tertiary/aromatic N) is 4. The maximum absolute atomic E-state index is 14.0. The van der Waals surface area contributed by atoms with Crippen molar-refractivity contribution in [2.75, 3.05) is 40.8 Å². The van der Waals surface area contributed by atoms with E-state index in [-0.39, 0.29) is 18.8 Å². The molecular formula is C45H75ClN4O13. The summed E-state index contributed by atoms with van der Waals surface area (Å²) in [5.74, 6) is -2.40. The number of likely N-dealkylation sites (N-methyl/N-ethyl adjacent to an activating group) is 1. The predicted octanol–water partition coefficient (Wildman–Crippen LogP) is 3.22. The number of aliphatic hydroxyl groups excluding tert-OH is 4. The minimum atomic E-state index is -1.28. The van der Waals surface area contributed by atoms with Gasteiger partial charge in [0.05, 0.1) is 55.3 Å². The van der Waals surface area contributed by atoms with E-state index in [2.05, 4.69) is 10.3 Å². The van der Waals surface area contributed by atoms with Crippen LogP contribution < -0.4 is 0 Å². The highest BCUT2D eigenvalue weighted by Crippen LogP contribution is 2.35. The van der Waals surface area contributed by atoms with Gasteiger partial charge in [-0.25, -0.2) is 0 Å². The summed E-state index contributed by atoms with van der Waals surface area (Å²) in [6, 6.07) is -0.725. The Morgan fingerprint density at radius 3 is 2.25 bits per heavy atom. The second kappa shape index (κ2) is 25.5. The summed E-state index contributed by atoms with van der Waals surface area (Å²) < 4.78 is 44.2. The molecule has 0 bridgehead atoms. The number of unbranched alkanes of at least 4 members (excludes halogenated alkanes) is 1. The number of aryl methyl sites for hydroxylation is 2. The molecule has 1 aromatic rings. The fourth-order valence-corrected chi connectivity index (χ4v) is 9.14. The number of allylic oxidation sites excluding steroid dienone is 3. The van der Waals surface area contributed by atoms with Gasteiger partial charge >= 0.3 is 5.97 Å². The topological polar surface area (TPSA) is 214 Å². The summed E-state index contributed by atoms with van der Waals surface area (Å²) in [5, 5.41) is 53.9. The van der Waals surface area contributed by atoms with Gasteiger partial charge < -0.3 is 58.5 Å². The predicted molar refractivity (Wildman–Crippen MR) is 234 cm³/mol. The molecule has 0 radical (unpaired) electrons. The van der Waals surface area contributed by atoms with Crippen molar-refractivity contribution in [3.8, 4) is 0 Å². The Kier molecular flexibility index (Phi) is 21.5. The van der Waals surface area contributed by atoms with Gasteiger partial charge in [0.25, 0.3) is 0 Å². The monoisotopic (exact) mass is 915 g/mol. The van der Waals surface area contributed by atoms with E-state index < -0.39 is 109 Å². The van der Waals surface area contributed by atoms with Gasteiger partial charge in [-0.05, 0) is 85.4 Å². The number of hydrogen-bond acceptors (Lipinski definition) is 16. The third kappa shape index (κ3) is 14.5. The van der Waals surface area contributed by atoms with Gasteiger partial charge in [-0.15, -0.1) is 16.7 Å². The molecule has 1 aromatic heterocycles.